The van der Waals surface area contributed by atoms with E-state index in [4.69, 9.17) is 11.6 Å². The van der Waals surface area contributed by atoms with Gasteiger partial charge in [0.25, 0.3) is 0 Å². The van der Waals surface area contributed by atoms with Gasteiger partial charge in [-0.05, 0) is 11.8 Å². The van der Waals surface area contributed by atoms with Gasteiger partial charge < -0.3 is 5.32 Å². The molecule has 0 aliphatic carbocycles. The lowest BCUT2D eigenvalue weighted by molar-refractivity contribution is 0.389. The van der Waals surface area contributed by atoms with E-state index in [1.54, 1.807) is 6.07 Å². The van der Waals surface area contributed by atoms with Gasteiger partial charge in [0.1, 0.15) is 17.3 Å². The maximum Gasteiger partial charge on any atom is 0.134 e. The molecule has 0 bridgehead atoms. The summed E-state index contributed by atoms with van der Waals surface area (Å²) in [5.41, 5.74) is 0.337. The Morgan fingerprint density at radius 2 is 2.07 bits per heavy atom. The fourth-order valence-electron chi connectivity index (χ4n) is 0.996. The third-order valence-electron chi connectivity index (χ3n) is 1.81. The van der Waals surface area contributed by atoms with Crippen molar-refractivity contribution in [2.24, 2.45) is 5.41 Å². The second kappa shape index (κ2) is 4.60. The fraction of sp³-hybridized carbons (Fsp3) is 0.600. The molecule has 1 heterocycles. The Labute approximate surface area is 89.9 Å². The van der Waals surface area contributed by atoms with Gasteiger partial charge in [-0.1, -0.05) is 32.4 Å². The number of nitrogens with one attached hydrogen (secondary N) is 1. The average Bonchev–Trinajstić information content (AvgIpc) is 2.01. The first-order valence-electron chi connectivity index (χ1n) is 4.69. The predicted molar refractivity (Wildman–Crippen MR) is 59.6 cm³/mol. The summed E-state index contributed by atoms with van der Waals surface area (Å²) < 4.78 is 0. The van der Waals surface area contributed by atoms with Crippen LogP contribution in [0.5, 0.6) is 0 Å². The Kier molecular flexibility index (Phi) is 3.69. The number of aromatic nitrogens is 2. The van der Waals surface area contributed by atoms with Crippen LogP contribution in [0.3, 0.4) is 0 Å². The maximum absolute atomic E-state index is 5.72. The van der Waals surface area contributed by atoms with E-state index in [0.717, 1.165) is 18.8 Å². The summed E-state index contributed by atoms with van der Waals surface area (Å²) in [6, 6.07) is 1.73. The van der Waals surface area contributed by atoms with E-state index in [2.05, 4.69) is 36.1 Å². The van der Waals surface area contributed by atoms with Crippen molar-refractivity contribution < 1.29 is 0 Å². The van der Waals surface area contributed by atoms with Crippen LogP contribution >= 0.6 is 11.6 Å². The van der Waals surface area contributed by atoms with Crippen LogP contribution in [-0.4, -0.2) is 16.5 Å². The number of anilines is 1. The molecule has 0 unspecified atom stereocenters. The first-order valence-corrected chi connectivity index (χ1v) is 5.07. The van der Waals surface area contributed by atoms with E-state index in [1.165, 1.54) is 6.33 Å². The van der Waals surface area contributed by atoms with Crippen molar-refractivity contribution in [3.63, 3.8) is 0 Å². The van der Waals surface area contributed by atoms with Crippen LogP contribution < -0.4 is 5.32 Å². The first-order chi connectivity index (χ1) is 6.47. The maximum atomic E-state index is 5.72. The molecule has 1 aromatic rings. The van der Waals surface area contributed by atoms with Crippen molar-refractivity contribution >= 4 is 17.4 Å². The molecule has 3 nitrogen and oxygen atoms in total. The van der Waals surface area contributed by atoms with E-state index < -0.39 is 0 Å². The van der Waals surface area contributed by atoms with E-state index in [-0.39, 0.29) is 0 Å². The lowest BCUT2D eigenvalue weighted by Crippen LogP contribution is -2.13. The van der Waals surface area contributed by atoms with E-state index in [0.29, 0.717) is 10.6 Å². The topological polar surface area (TPSA) is 37.8 Å². The molecule has 0 aliphatic heterocycles. The largest absolute Gasteiger partial charge is 0.370 e. The Bertz CT molecular complexity index is 294. The van der Waals surface area contributed by atoms with Crippen molar-refractivity contribution in [2.45, 2.75) is 27.2 Å². The van der Waals surface area contributed by atoms with Gasteiger partial charge in [-0.25, -0.2) is 9.97 Å². The summed E-state index contributed by atoms with van der Waals surface area (Å²) in [6.07, 6.45) is 2.55. The SMILES string of the molecule is CC(C)(C)CCNc1cc(Cl)ncn1. The van der Waals surface area contributed by atoms with Crippen LogP contribution in [0.15, 0.2) is 12.4 Å². The zero-order valence-corrected chi connectivity index (χ0v) is 9.60. The molecule has 1 aromatic heterocycles. The van der Waals surface area contributed by atoms with Crippen LogP contribution in [0.1, 0.15) is 27.2 Å². The highest BCUT2D eigenvalue weighted by molar-refractivity contribution is 6.29. The minimum Gasteiger partial charge on any atom is -0.370 e. The van der Waals surface area contributed by atoms with Crippen LogP contribution in [0.2, 0.25) is 5.15 Å². The van der Waals surface area contributed by atoms with Crippen molar-refractivity contribution in [3.8, 4) is 0 Å². The molecule has 0 aliphatic rings. The quantitative estimate of drug-likeness (QED) is 0.785. The van der Waals surface area contributed by atoms with Gasteiger partial charge in [-0.2, -0.15) is 0 Å². The van der Waals surface area contributed by atoms with Crippen LogP contribution in [0, 0.1) is 5.41 Å². The summed E-state index contributed by atoms with van der Waals surface area (Å²) in [5, 5.41) is 3.68. The highest BCUT2D eigenvalue weighted by atomic mass is 35.5. The second-order valence-electron chi connectivity index (χ2n) is 4.46. The molecule has 0 saturated carbocycles. The number of nitrogens with zero attached hydrogens (tertiary/aromatic N) is 2. The Morgan fingerprint density at radius 1 is 1.36 bits per heavy atom. The minimum absolute atomic E-state index is 0.337. The Hall–Kier alpha value is -0.830. The van der Waals surface area contributed by atoms with Gasteiger partial charge in [0.05, 0.1) is 0 Å². The predicted octanol–water partition coefficient (Wildman–Crippen LogP) is 2.98. The number of hydrogen-bond donors (Lipinski definition) is 1. The Morgan fingerprint density at radius 3 is 2.64 bits per heavy atom. The van der Waals surface area contributed by atoms with Crippen molar-refractivity contribution in [3.05, 3.63) is 17.5 Å². The van der Waals surface area contributed by atoms with Gasteiger partial charge in [-0.3, -0.25) is 0 Å². The molecule has 4 heteroatoms. The molecule has 0 saturated heterocycles. The van der Waals surface area contributed by atoms with Crippen LogP contribution in [-0.2, 0) is 0 Å². The molecule has 0 fully saturated rings. The second-order valence-corrected chi connectivity index (χ2v) is 4.85. The number of rotatable bonds is 3. The monoisotopic (exact) mass is 213 g/mol. The van der Waals surface area contributed by atoms with Gasteiger partial charge >= 0.3 is 0 Å². The molecule has 0 amide bonds. The Balaban J connectivity index is 2.39. The molecule has 0 spiro atoms. The fourth-order valence-corrected chi connectivity index (χ4v) is 1.14. The molecule has 0 radical (unpaired) electrons. The lowest BCUT2D eigenvalue weighted by atomic mass is 9.92. The van der Waals surface area contributed by atoms with E-state index >= 15 is 0 Å². The van der Waals surface area contributed by atoms with E-state index in [1.807, 2.05) is 0 Å². The van der Waals surface area contributed by atoms with Crippen LogP contribution in [0.4, 0.5) is 5.82 Å². The zero-order chi connectivity index (χ0) is 10.6. The highest BCUT2D eigenvalue weighted by Crippen LogP contribution is 2.18. The lowest BCUT2D eigenvalue weighted by Gasteiger charge is -2.18. The summed E-state index contributed by atoms with van der Waals surface area (Å²) in [4.78, 5) is 7.86. The average molecular weight is 214 g/mol. The highest BCUT2D eigenvalue weighted by Gasteiger charge is 2.09. The molecule has 14 heavy (non-hydrogen) atoms. The third kappa shape index (κ3) is 4.42. The molecule has 78 valence electrons. The van der Waals surface area contributed by atoms with Gasteiger partial charge in [-0.15, -0.1) is 0 Å². The summed E-state index contributed by atoms with van der Waals surface area (Å²) in [7, 11) is 0. The standard InChI is InChI=1S/C10H16ClN3/c1-10(2,3)4-5-12-9-6-8(11)13-7-14-9/h6-7H,4-5H2,1-3H3,(H,12,13,14). The molecule has 1 N–H and O–H groups in total. The normalized spacial score (nSPS) is 11.4. The van der Waals surface area contributed by atoms with Crippen LogP contribution in [0.25, 0.3) is 0 Å². The molecule has 0 aromatic carbocycles. The van der Waals surface area contributed by atoms with E-state index in [9.17, 15) is 0 Å². The summed E-state index contributed by atoms with van der Waals surface area (Å²) in [6.45, 7) is 7.53. The number of halogens is 1. The smallest absolute Gasteiger partial charge is 0.134 e. The van der Waals surface area contributed by atoms with Crippen molar-refractivity contribution in [1.29, 1.82) is 0 Å². The zero-order valence-electron chi connectivity index (χ0n) is 8.84. The summed E-state index contributed by atoms with van der Waals surface area (Å²) in [5.74, 6) is 0.786. The first kappa shape index (κ1) is 11.2. The molecule has 1 rings (SSSR count). The van der Waals surface area contributed by atoms with Gasteiger partial charge in [0.2, 0.25) is 0 Å². The van der Waals surface area contributed by atoms with Gasteiger partial charge in [0.15, 0.2) is 0 Å². The molecular formula is C10H16ClN3. The number of hydrogen-bond acceptors (Lipinski definition) is 3. The van der Waals surface area contributed by atoms with Crippen molar-refractivity contribution in [2.75, 3.05) is 11.9 Å². The van der Waals surface area contributed by atoms with Crippen molar-refractivity contribution in [1.82, 2.24) is 9.97 Å². The third-order valence-corrected chi connectivity index (χ3v) is 2.02. The molecular weight excluding hydrogens is 198 g/mol. The summed E-state index contributed by atoms with van der Waals surface area (Å²) >= 11 is 5.72. The minimum atomic E-state index is 0.337. The molecule has 0 atom stereocenters. The van der Waals surface area contributed by atoms with Gasteiger partial charge in [0, 0.05) is 12.6 Å².